The number of ketones is 3. The second kappa shape index (κ2) is 30.5. The van der Waals surface area contributed by atoms with Gasteiger partial charge in [-0.2, -0.15) is 39.0 Å². The first-order chi connectivity index (χ1) is 59.3. The standard InChI is InChI=1S/C32H31N9O3.C28H26N10O2.C27H27N7O3/c1-17-11-18(4-8-26(17)44-2)24-7-3-19(14-34-24)23-15-37-41-30(23)38-28(27-25(42)9-10-33-31(27)41)20-12-21-5-6-22(13-20)40(21)32(43)29-35-16-36-39-29;39-22-7-9-30-27-23(22)24(16-10-17-4-5-18(11-16)37(17)28(40)25-32-14-33-36-25)35-26-19(13-34-38(26)27)15-3-6-21(31-12-15)20-2-1-8-29-20;35-14-23(37)33-17-4-5-18(33)11-16(10-17)25-24-22(36)7-9-29-27(24)34-26(32-25)19(13-31-34)15-3-6-21(30-12-15)20-2-1-8-28-20/h3-4,7-8,11,14-16,20-22,33H,5-6,9-10,12-13H2,1-2H3,(H,35,36,39);1-3,6,12-14,16-18,30H,4-5,7-11H2,(H,32,33,36);1-3,6,12-13,16-18,29,35H,4-5,7-11,14H2. The molecule has 11 aliphatic heterocycles. The van der Waals surface area contributed by atoms with E-state index >= 15 is 0 Å². The Hall–Kier alpha value is -13.8. The molecule has 0 saturated carbocycles. The van der Waals surface area contributed by atoms with Gasteiger partial charge in [0.05, 0.1) is 101 Å². The van der Waals surface area contributed by atoms with Crippen LogP contribution in [0, 0.1) is 6.92 Å². The van der Waals surface area contributed by atoms with Crippen LogP contribution in [-0.2, 0) is 4.79 Å². The highest BCUT2D eigenvalue weighted by molar-refractivity contribution is 6.10. The molecule has 121 heavy (non-hydrogen) atoms. The predicted molar refractivity (Wildman–Crippen MR) is 444 cm³/mol. The van der Waals surface area contributed by atoms with Crippen LogP contribution in [0.15, 0.2) is 139 Å². The molecule has 22 heterocycles. The number of carbonyl (C=O) groups is 6. The van der Waals surface area contributed by atoms with E-state index in [0.29, 0.717) is 103 Å². The number of aromatic amines is 2. The van der Waals surface area contributed by atoms with Crippen LogP contribution in [-0.4, -0.2) is 238 Å². The van der Waals surface area contributed by atoms with E-state index in [9.17, 15) is 33.9 Å². The number of methoxy groups -OCH3 is 1. The first-order valence-corrected chi connectivity index (χ1v) is 41.6. The van der Waals surface area contributed by atoms with Crippen molar-refractivity contribution < 1.29 is 38.6 Å². The number of piperidine rings is 3. The number of ether oxygens (including phenoxy) is 1. The third kappa shape index (κ3) is 13.1. The number of aryl methyl sites for hydroxylation is 1. The molecule has 6 fully saturated rings. The second-order valence-corrected chi connectivity index (χ2v) is 32.8. The molecule has 6 saturated heterocycles. The van der Waals surface area contributed by atoms with Gasteiger partial charge in [-0.15, -0.1) is 0 Å². The van der Waals surface area contributed by atoms with E-state index < -0.39 is 6.61 Å². The molecule has 1 aromatic carbocycles. The van der Waals surface area contributed by atoms with Crippen molar-refractivity contribution in [1.29, 1.82) is 0 Å². The molecule has 0 aliphatic carbocycles. The summed E-state index contributed by atoms with van der Waals surface area (Å²) in [6.07, 6.45) is 32.8. The van der Waals surface area contributed by atoms with Crippen molar-refractivity contribution in [3.63, 3.8) is 0 Å². The largest absolute Gasteiger partial charge is 0.496 e. The summed E-state index contributed by atoms with van der Waals surface area (Å²) in [5.41, 5.74) is 17.9. The number of hydrogen-bond donors (Lipinski definition) is 6. The Morgan fingerprint density at radius 1 is 0.463 bits per heavy atom. The van der Waals surface area contributed by atoms with Crippen LogP contribution >= 0.6 is 0 Å². The predicted octanol–water partition coefficient (Wildman–Crippen LogP) is 9.64. The molecule has 34 heteroatoms. The van der Waals surface area contributed by atoms with E-state index in [-0.39, 0.29) is 101 Å². The molecule has 3 amide bonds. The third-order valence-electron chi connectivity index (χ3n) is 26.0. The van der Waals surface area contributed by atoms with Gasteiger partial charge in [0.1, 0.15) is 42.5 Å². The number of aromatic nitrogens is 18. The van der Waals surface area contributed by atoms with E-state index in [4.69, 9.17) is 24.7 Å². The van der Waals surface area contributed by atoms with Crippen molar-refractivity contribution in [3.05, 3.63) is 191 Å². The zero-order chi connectivity index (χ0) is 81.8. The molecule has 610 valence electrons. The van der Waals surface area contributed by atoms with Gasteiger partial charge in [0.25, 0.3) is 11.8 Å². The number of carbonyl (C=O) groups excluding carboxylic acids is 6. The maximum atomic E-state index is 13.4. The minimum absolute atomic E-state index is 0.0374. The van der Waals surface area contributed by atoms with Gasteiger partial charge in [-0.25, -0.2) is 24.9 Å². The fourth-order valence-electron chi connectivity index (χ4n) is 20.6. The summed E-state index contributed by atoms with van der Waals surface area (Å²) in [7, 11) is 1.67. The van der Waals surface area contributed by atoms with Crippen LogP contribution < -0.4 is 20.7 Å². The lowest BCUT2D eigenvalue weighted by Gasteiger charge is -2.39. The molecule has 0 radical (unpaired) electrons. The summed E-state index contributed by atoms with van der Waals surface area (Å²) < 4.78 is 10.6. The normalized spacial score (nSPS) is 22.8. The Balaban J connectivity index is 0.000000112. The van der Waals surface area contributed by atoms with Crippen LogP contribution in [0.3, 0.4) is 0 Å². The molecule has 0 spiro atoms. The summed E-state index contributed by atoms with van der Waals surface area (Å²) in [4.78, 5) is 131. The lowest BCUT2D eigenvalue weighted by molar-refractivity contribution is -0.138. The minimum atomic E-state index is -0.463. The Labute approximate surface area is 691 Å². The zero-order valence-electron chi connectivity index (χ0n) is 66.4. The number of rotatable bonds is 13. The van der Waals surface area contributed by atoms with Crippen LogP contribution in [0.2, 0.25) is 0 Å². The first-order valence-electron chi connectivity index (χ1n) is 41.6. The quantitative estimate of drug-likeness (QED) is 0.0625. The topological polar surface area (TPSA) is 415 Å². The second-order valence-electron chi connectivity index (χ2n) is 32.8. The van der Waals surface area contributed by atoms with Gasteiger partial charge >= 0.3 is 0 Å². The highest BCUT2D eigenvalue weighted by Crippen LogP contribution is 2.50. The number of benzene rings is 1. The highest BCUT2D eigenvalue weighted by atomic mass is 16.5. The average molecular weight is 1620 g/mol. The van der Waals surface area contributed by atoms with Crippen molar-refractivity contribution in [2.45, 2.75) is 157 Å². The number of pyridine rings is 3. The van der Waals surface area contributed by atoms with E-state index in [1.165, 1.54) is 12.7 Å². The number of nitrogens with one attached hydrogen (secondary N) is 5. The molecule has 12 aromatic rings. The maximum Gasteiger partial charge on any atom is 0.291 e. The Morgan fingerprint density at radius 2 is 0.835 bits per heavy atom. The zero-order valence-corrected chi connectivity index (χ0v) is 66.4. The molecular weight excluding hydrogens is 1540 g/mol. The van der Waals surface area contributed by atoms with Crippen LogP contribution in [0.5, 0.6) is 5.75 Å². The molecule has 6 bridgehead atoms. The molecule has 34 nitrogen and oxygen atoms in total. The van der Waals surface area contributed by atoms with Gasteiger partial charge in [0.15, 0.2) is 34.3 Å². The third-order valence-corrected chi connectivity index (χ3v) is 26.0. The number of anilines is 3. The highest BCUT2D eigenvalue weighted by Gasteiger charge is 2.50. The molecule has 23 rings (SSSR count). The summed E-state index contributed by atoms with van der Waals surface area (Å²) >= 11 is 0. The Morgan fingerprint density at radius 3 is 1.16 bits per heavy atom. The number of hydrogen-bond acceptors (Lipinski definition) is 26. The summed E-state index contributed by atoms with van der Waals surface area (Å²) in [5, 5.41) is 46.8. The Bertz CT molecular complexity index is 6290. The van der Waals surface area contributed by atoms with Crippen LogP contribution in [0.4, 0.5) is 17.5 Å². The van der Waals surface area contributed by atoms with Crippen LogP contribution in [0.25, 0.3) is 61.6 Å². The van der Waals surface area contributed by atoms with Crippen molar-refractivity contribution in [1.82, 2.24) is 104 Å². The van der Waals surface area contributed by atoms with Crippen molar-refractivity contribution in [2.24, 2.45) is 9.98 Å². The number of H-pyrrole nitrogens is 2. The van der Waals surface area contributed by atoms with E-state index in [1.54, 1.807) is 39.2 Å². The number of aliphatic hydroxyl groups excluding tert-OH is 1. The number of Topliss-reactive ketones (excluding diaryl/α,β-unsaturated/α-hetero) is 3. The maximum absolute atomic E-state index is 13.4. The fraction of sp³-hybridized carbons (Fsp3) is 0.368. The number of aliphatic imine (C=N–C) groups is 2. The SMILES string of the molecule is COc1ccc(-c2ccc(-c3cnn4c5c(c(C6CC7CCC(C6)N7C(=O)c6ncn[nH]6)nc34)C(=O)CCN5)cn2)cc1C.O=C1CCNc2c1c(C1CC3CCC(C1)N3C(=O)CO)nc1c(-c3ccc(C4=NCC=C4)nc3)cnn21.O=C1CCNc2c1c(C1CC3CCC(C1)N3C(=O)c1ncn[nH]1)nc1c(-c3ccc(C4=NCC=C4)nc3)cnn21. The van der Waals surface area contributed by atoms with Crippen LogP contribution in [0.1, 0.15) is 200 Å². The van der Waals surface area contributed by atoms with Gasteiger partial charge in [-0.1, -0.05) is 30.4 Å². The van der Waals surface area contributed by atoms with E-state index in [2.05, 4.69) is 87.6 Å². The van der Waals surface area contributed by atoms with Gasteiger partial charge in [0.2, 0.25) is 17.6 Å². The monoisotopic (exact) mass is 1620 g/mol. The van der Waals surface area contributed by atoms with Gasteiger partial charge in [-0.3, -0.25) is 63.9 Å². The number of allylic oxidation sites excluding steroid dienone is 2. The number of amides is 3. The minimum Gasteiger partial charge on any atom is -0.496 e. The van der Waals surface area contributed by atoms with E-state index in [0.717, 1.165) is 173 Å². The number of fused-ring (bicyclic) bond motifs is 15. The van der Waals surface area contributed by atoms with Gasteiger partial charge < -0.3 is 40.5 Å². The summed E-state index contributed by atoms with van der Waals surface area (Å²) in [6.45, 7) is 4.58. The van der Waals surface area contributed by atoms with E-state index in [1.807, 2.05) is 113 Å². The average Bonchev–Trinajstić information content (AvgIpc) is 1.64. The molecule has 6 unspecified atom stereocenters. The molecule has 6 N–H and O–H groups in total. The molecule has 6 atom stereocenters. The van der Waals surface area contributed by atoms with Gasteiger partial charge in [-0.05, 0) is 138 Å². The lowest BCUT2D eigenvalue weighted by Crippen LogP contribution is -2.47. The number of nitrogens with zero attached hydrogens (tertiary/aromatic N) is 21. The van der Waals surface area contributed by atoms with Gasteiger partial charge in [0, 0.05) is 150 Å². The van der Waals surface area contributed by atoms with Crippen molar-refractivity contribution in [3.8, 4) is 50.4 Å². The molecular formula is C87H84N26O8. The summed E-state index contributed by atoms with van der Waals surface area (Å²) in [6, 6.07) is 18.4. The number of aliphatic hydroxyl groups is 1. The Kier molecular flexibility index (Phi) is 18.9. The lowest BCUT2D eigenvalue weighted by atomic mass is 9.84. The first kappa shape index (κ1) is 74.7. The smallest absolute Gasteiger partial charge is 0.291 e. The molecule has 11 aromatic heterocycles. The fourth-order valence-corrected chi connectivity index (χ4v) is 20.6. The summed E-state index contributed by atoms with van der Waals surface area (Å²) in [5.74, 6) is 3.41. The van der Waals surface area contributed by atoms with Crippen molar-refractivity contribution >= 4 is 80.9 Å². The van der Waals surface area contributed by atoms with Crippen molar-refractivity contribution in [2.75, 3.05) is 62.4 Å². The molecule has 11 aliphatic rings.